The van der Waals surface area contributed by atoms with Crippen molar-refractivity contribution in [1.29, 1.82) is 0 Å². The summed E-state index contributed by atoms with van der Waals surface area (Å²) in [7, 11) is 0. The Hall–Kier alpha value is -2.17. The predicted molar refractivity (Wildman–Crippen MR) is 104 cm³/mol. The Morgan fingerprint density at radius 3 is 2.44 bits per heavy atom. The second-order valence-corrected chi connectivity index (χ2v) is 7.67. The maximum absolute atomic E-state index is 12.3. The van der Waals surface area contributed by atoms with E-state index in [-0.39, 0.29) is 5.91 Å². The molecule has 3 nitrogen and oxygen atoms in total. The molecule has 1 N–H and O–H groups in total. The molecule has 0 aliphatic carbocycles. The lowest BCUT2D eigenvalue weighted by Crippen LogP contribution is -2.24. The van der Waals surface area contributed by atoms with Crippen molar-refractivity contribution >= 4 is 28.8 Å². The molecule has 0 unspecified atom stereocenters. The molecular formula is C20H19ClN2OS. The number of thiazole rings is 1. The molecule has 0 saturated heterocycles. The molecule has 0 fully saturated rings. The average Bonchev–Trinajstić information content (AvgIpc) is 2.95. The number of aromatic nitrogens is 1. The Labute approximate surface area is 156 Å². The van der Waals surface area contributed by atoms with Gasteiger partial charge in [-0.1, -0.05) is 53.6 Å². The summed E-state index contributed by atoms with van der Waals surface area (Å²) in [5, 5.41) is 4.62. The van der Waals surface area contributed by atoms with E-state index in [1.54, 1.807) is 11.3 Å². The summed E-state index contributed by atoms with van der Waals surface area (Å²) in [5.74, 6) is -0.00744. The highest BCUT2D eigenvalue weighted by atomic mass is 35.5. The van der Waals surface area contributed by atoms with Crippen LogP contribution in [0.5, 0.6) is 0 Å². The summed E-state index contributed by atoms with van der Waals surface area (Å²) in [6, 6.07) is 15.7. The summed E-state index contributed by atoms with van der Waals surface area (Å²) >= 11 is 7.45. The zero-order valence-corrected chi connectivity index (χ0v) is 15.7. The molecule has 5 heteroatoms. The molecule has 0 saturated carbocycles. The van der Waals surface area contributed by atoms with E-state index in [0.717, 1.165) is 26.7 Å². The van der Waals surface area contributed by atoms with E-state index in [4.69, 9.17) is 11.6 Å². The van der Waals surface area contributed by atoms with Crippen molar-refractivity contribution in [2.45, 2.75) is 26.8 Å². The maximum Gasteiger partial charge on any atom is 0.225 e. The van der Waals surface area contributed by atoms with Gasteiger partial charge in [0.25, 0.3) is 0 Å². The van der Waals surface area contributed by atoms with E-state index < -0.39 is 0 Å². The second kappa shape index (κ2) is 7.81. The van der Waals surface area contributed by atoms with Crippen molar-refractivity contribution in [1.82, 2.24) is 10.3 Å². The third-order valence-electron chi connectivity index (χ3n) is 3.85. The molecule has 1 aromatic heterocycles. The molecule has 0 radical (unpaired) electrons. The number of hydrogen-bond donors (Lipinski definition) is 1. The number of carbonyl (C=O) groups excluding carboxylic acids is 1. The van der Waals surface area contributed by atoms with Gasteiger partial charge in [0.05, 0.1) is 17.1 Å². The summed E-state index contributed by atoms with van der Waals surface area (Å²) in [6.45, 7) is 4.52. The molecule has 1 amide bonds. The van der Waals surface area contributed by atoms with Crippen LogP contribution in [-0.4, -0.2) is 10.9 Å². The van der Waals surface area contributed by atoms with Gasteiger partial charge in [-0.25, -0.2) is 4.98 Å². The van der Waals surface area contributed by atoms with Crippen LogP contribution in [0.15, 0.2) is 48.5 Å². The standard InChI is InChI=1S/C20H19ClN2OS/c1-13-3-7-16(8-4-13)20-18(25-14(2)23-20)11-19(24)22-12-15-5-9-17(21)10-6-15/h3-10H,11-12H2,1-2H3,(H,22,24). The monoisotopic (exact) mass is 370 g/mol. The number of benzene rings is 2. The zero-order chi connectivity index (χ0) is 17.8. The van der Waals surface area contributed by atoms with E-state index in [1.165, 1.54) is 5.56 Å². The first-order valence-corrected chi connectivity index (χ1v) is 9.25. The van der Waals surface area contributed by atoms with Crippen molar-refractivity contribution in [3.05, 3.63) is 74.6 Å². The molecule has 128 valence electrons. The number of hydrogen-bond acceptors (Lipinski definition) is 3. The number of aryl methyl sites for hydroxylation is 2. The Morgan fingerprint density at radius 1 is 1.08 bits per heavy atom. The van der Waals surface area contributed by atoms with Crippen LogP contribution in [0, 0.1) is 13.8 Å². The SMILES string of the molecule is Cc1ccc(-c2nc(C)sc2CC(=O)NCc2ccc(Cl)cc2)cc1. The largest absolute Gasteiger partial charge is 0.352 e. The van der Waals surface area contributed by atoms with Gasteiger partial charge in [-0.3, -0.25) is 4.79 Å². The minimum absolute atomic E-state index is 0.00744. The maximum atomic E-state index is 12.3. The molecule has 0 atom stereocenters. The number of amides is 1. The van der Waals surface area contributed by atoms with Crippen LogP contribution in [0.25, 0.3) is 11.3 Å². The molecule has 1 heterocycles. The first kappa shape index (κ1) is 17.6. The lowest BCUT2D eigenvalue weighted by molar-refractivity contribution is -0.120. The first-order valence-electron chi connectivity index (χ1n) is 8.06. The molecule has 0 spiro atoms. The van der Waals surface area contributed by atoms with E-state index in [9.17, 15) is 4.79 Å². The molecule has 3 rings (SSSR count). The summed E-state index contributed by atoms with van der Waals surface area (Å²) in [6.07, 6.45) is 0.336. The van der Waals surface area contributed by atoms with Crippen molar-refractivity contribution in [3.63, 3.8) is 0 Å². The van der Waals surface area contributed by atoms with E-state index in [2.05, 4.69) is 41.5 Å². The van der Waals surface area contributed by atoms with Crippen LogP contribution in [-0.2, 0) is 17.8 Å². The highest BCUT2D eigenvalue weighted by Crippen LogP contribution is 2.28. The Morgan fingerprint density at radius 2 is 1.76 bits per heavy atom. The predicted octanol–water partition coefficient (Wildman–Crippen LogP) is 4.94. The summed E-state index contributed by atoms with van der Waals surface area (Å²) in [4.78, 5) is 18.0. The average molecular weight is 371 g/mol. The van der Waals surface area contributed by atoms with Gasteiger partial charge in [-0.15, -0.1) is 11.3 Å². The van der Waals surface area contributed by atoms with Gasteiger partial charge in [0, 0.05) is 22.0 Å². The number of carbonyl (C=O) groups is 1. The van der Waals surface area contributed by atoms with Crippen LogP contribution >= 0.6 is 22.9 Å². The molecule has 3 aromatic rings. The minimum Gasteiger partial charge on any atom is -0.352 e. The fourth-order valence-electron chi connectivity index (χ4n) is 2.54. The second-order valence-electron chi connectivity index (χ2n) is 5.95. The third kappa shape index (κ3) is 4.68. The molecule has 2 aromatic carbocycles. The lowest BCUT2D eigenvalue weighted by Gasteiger charge is -2.06. The lowest BCUT2D eigenvalue weighted by atomic mass is 10.1. The molecule has 0 bridgehead atoms. The van der Waals surface area contributed by atoms with Gasteiger partial charge in [-0.05, 0) is 31.5 Å². The van der Waals surface area contributed by atoms with Crippen LogP contribution in [0.2, 0.25) is 5.02 Å². The van der Waals surface area contributed by atoms with Crippen molar-refractivity contribution < 1.29 is 4.79 Å². The van der Waals surface area contributed by atoms with Gasteiger partial charge in [0.15, 0.2) is 0 Å². The topological polar surface area (TPSA) is 42.0 Å². The van der Waals surface area contributed by atoms with Crippen molar-refractivity contribution in [2.24, 2.45) is 0 Å². The van der Waals surface area contributed by atoms with E-state index in [1.807, 2.05) is 31.2 Å². The minimum atomic E-state index is -0.00744. The Bertz CT molecular complexity index is 870. The van der Waals surface area contributed by atoms with Crippen LogP contribution in [0.3, 0.4) is 0 Å². The van der Waals surface area contributed by atoms with Crippen LogP contribution in [0.1, 0.15) is 21.0 Å². The normalized spacial score (nSPS) is 10.7. The van der Waals surface area contributed by atoms with Gasteiger partial charge in [0.1, 0.15) is 0 Å². The third-order valence-corrected chi connectivity index (χ3v) is 5.08. The van der Waals surface area contributed by atoms with Gasteiger partial charge < -0.3 is 5.32 Å². The Balaban J connectivity index is 1.69. The highest BCUT2D eigenvalue weighted by Gasteiger charge is 2.14. The fourth-order valence-corrected chi connectivity index (χ4v) is 3.62. The first-order chi connectivity index (χ1) is 12.0. The number of nitrogens with one attached hydrogen (secondary N) is 1. The van der Waals surface area contributed by atoms with Gasteiger partial charge in [0.2, 0.25) is 5.91 Å². The van der Waals surface area contributed by atoms with E-state index in [0.29, 0.717) is 18.0 Å². The number of halogens is 1. The Kier molecular flexibility index (Phi) is 5.51. The smallest absolute Gasteiger partial charge is 0.225 e. The molecule has 0 aliphatic heterocycles. The quantitative estimate of drug-likeness (QED) is 0.691. The highest BCUT2D eigenvalue weighted by molar-refractivity contribution is 7.12. The molecule has 25 heavy (non-hydrogen) atoms. The van der Waals surface area contributed by atoms with Gasteiger partial charge >= 0.3 is 0 Å². The van der Waals surface area contributed by atoms with E-state index >= 15 is 0 Å². The van der Waals surface area contributed by atoms with Crippen molar-refractivity contribution in [2.75, 3.05) is 0 Å². The summed E-state index contributed by atoms with van der Waals surface area (Å²) < 4.78 is 0. The summed E-state index contributed by atoms with van der Waals surface area (Å²) in [5.41, 5.74) is 4.19. The number of rotatable bonds is 5. The van der Waals surface area contributed by atoms with Crippen molar-refractivity contribution in [3.8, 4) is 11.3 Å². The zero-order valence-electron chi connectivity index (χ0n) is 14.2. The van der Waals surface area contributed by atoms with Crippen LogP contribution in [0.4, 0.5) is 0 Å². The van der Waals surface area contributed by atoms with Gasteiger partial charge in [-0.2, -0.15) is 0 Å². The van der Waals surface area contributed by atoms with Crippen LogP contribution < -0.4 is 5.32 Å². The number of nitrogens with zero attached hydrogens (tertiary/aromatic N) is 1. The molecular weight excluding hydrogens is 352 g/mol. The fraction of sp³-hybridized carbons (Fsp3) is 0.200. The molecule has 0 aliphatic rings.